The van der Waals surface area contributed by atoms with Gasteiger partial charge in [-0.25, -0.2) is 9.37 Å². The van der Waals surface area contributed by atoms with Crippen LogP contribution in [0.25, 0.3) is 11.1 Å². The van der Waals surface area contributed by atoms with E-state index in [9.17, 15) is 14.3 Å². The van der Waals surface area contributed by atoms with E-state index >= 15 is 0 Å². The van der Waals surface area contributed by atoms with Gasteiger partial charge in [0.05, 0.1) is 30.0 Å². The van der Waals surface area contributed by atoms with Crippen molar-refractivity contribution >= 4 is 29.5 Å². The van der Waals surface area contributed by atoms with Gasteiger partial charge < -0.3 is 35.4 Å². The van der Waals surface area contributed by atoms with Crippen LogP contribution in [0.5, 0.6) is 0 Å². The lowest BCUT2D eigenvalue weighted by atomic mass is 10.0. The fraction of sp³-hybridized carbons (Fsp3) is 0.269. The van der Waals surface area contributed by atoms with Gasteiger partial charge in [0, 0.05) is 63.2 Å². The van der Waals surface area contributed by atoms with Crippen molar-refractivity contribution in [1.82, 2.24) is 19.8 Å². The Balaban J connectivity index is 1.68. The predicted molar refractivity (Wildman–Crippen MR) is 140 cm³/mol. The van der Waals surface area contributed by atoms with Crippen molar-refractivity contribution in [3.63, 3.8) is 0 Å². The molecule has 194 valence electrons. The maximum absolute atomic E-state index is 14.0. The van der Waals surface area contributed by atoms with E-state index in [0.29, 0.717) is 45.5 Å². The molecule has 0 saturated carbocycles. The summed E-state index contributed by atoms with van der Waals surface area (Å²) in [5.74, 6) is -0.182. The number of benzene rings is 1. The number of hydrogen-bond donors (Lipinski definition) is 4. The van der Waals surface area contributed by atoms with Crippen LogP contribution in [0.15, 0.2) is 54.6 Å². The minimum Gasteiger partial charge on any atom is -0.392 e. The molecule has 11 heteroatoms. The molecule has 1 amide bonds. The zero-order valence-corrected chi connectivity index (χ0v) is 21.2. The first kappa shape index (κ1) is 26.3. The number of aliphatic hydroxyl groups is 1. The lowest BCUT2D eigenvalue weighted by Crippen LogP contribution is -2.49. The maximum atomic E-state index is 14.0. The molecule has 4 N–H and O–H groups in total. The monoisotopic (exact) mass is 526 g/mol. The third-order valence-electron chi connectivity index (χ3n) is 6.16. The molecule has 2 aromatic heterocycles. The second-order valence-electron chi connectivity index (χ2n) is 8.59. The summed E-state index contributed by atoms with van der Waals surface area (Å²) < 4.78 is 21.2. The number of amides is 1. The Morgan fingerprint density at radius 2 is 2.16 bits per heavy atom. The van der Waals surface area contributed by atoms with E-state index in [1.807, 2.05) is 10.8 Å². The molecule has 4 rings (SSSR count). The highest BCUT2D eigenvalue weighted by Crippen LogP contribution is 2.33. The summed E-state index contributed by atoms with van der Waals surface area (Å²) in [5.41, 5.74) is 3.47. The number of ether oxygens (including phenoxy) is 1. The molecule has 0 bridgehead atoms. The first-order valence-corrected chi connectivity index (χ1v) is 11.9. The van der Waals surface area contributed by atoms with Crippen LogP contribution in [0.4, 0.5) is 10.2 Å². The van der Waals surface area contributed by atoms with Gasteiger partial charge in [-0.2, -0.15) is 0 Å². The minimum absolute atomic E-state index is 0.134. The van der Waals surface area contributed by atoms with Crippen LogP contribution in [0.2, 0.25) is 5.02 Å². The standard InChI is InChI=1S/C26H28ClFN6O3/c1-30-9-20(8-29)32-25-7-22(23(27)10-31-25)18-6-24-26(36)34(21(15-37-2)13-33(24)11-18)12-17-5-19(28)4-3-16(17)14-35/h3-11,21,29-30,35H,12-15H2,1-2H3,(H,31,32)/b20-9+,29-8?. The Morgan fingerprint density at radius 3 is 2.86 bits per heavy atom. The molecule has 1 aliphatic heterocycles. The third-order valence-corrected chi connectivity index (χ3v) is 6.46. The molecule has 0 radical (unpaired) electrons. The Kier molecular flexibility index (Phi) is 8.22. The number of carbonyl (C=O) groups excluding carboxylic acids is 1. The molecule has 1 aliphatic rings. The Hall–Kier alpha value is -3.73. The number of fused-ring (bicyclic) bond motifs is 1. The number of allylic oxidation sites excluding steroid dienone is 1. The average molecular weight is 527 g/mol. The number of nitrogens with zero attached hydrogens (tertiary/aromatic N) is 3. The molecule has 1 atom stereocenters. The number of pyridine rings is 1. The number of aromatic nitrogens is 2. The number of methoxy groups -OCH3 is 1. The smallest absolute Gasteiger partial charge is 0.271 e. The highest BCUT2D eigenvalue weighted by atomic mass is 35.5. The van der Waals surface area contributed by atoms with Crippen molar-refractivity contribution in [1.29, 1.82) is 5.41 Å². The Morgan fingerprint density at radius 1 is 1.35 bits per heavy atom. The van der Waals surface area contributed by atoms with Crippen molar-refractivity contribution in [2.45, 2.75) is 25.7 Å². The van der Waals surface area contributed by atoms with Crippen LogP contribution in [0.1, 0.15) is 21.6 Å². The largest absolute Gasteiger partial charge is 0.392 e. The summed E-state index contributed by atoms with van der Waals surface area (Å²) in [6.45, 7) is 0.634. The summed E-state index contributed by atoms with van der Waals surface area (Å²) in [5, 5.41) is 23.6. The second-order valence-corrected chi connectivity index (χ2v) is 8.99. The SMILES string of the molecule is CN/C=C(\C=N)Nc1cc(-c2cc3n(c2)CC(COC)N(Cc2cc(F)ccc2CO)C3=O)c(Cl)cn1. The van der Waals surface area contributed by atoms with E-state index < -0.39 is 5.82 Å². The molecule has 1 aromatic carbocycles. The van der Waals surface area contributed by atoms with Gasteiger partial charge >= 0.3 is 0 Å². The van der Waals surface area contributed by atoms with E-state index in [4.69, 9.17) is 21.7 Å². The molecule has 0 spiro atoms. The van der Waals surface area contributed by atoms with E-state index in [-0.39, 0.29) is 31.7 Å². The number of halogens is 2. The van der Waals surface area contributed by atoms with Crippen LogP contribution in [0.3, 0.4) is 0 Å². The molecule has 0 aliphatic carbocycles. The maximum Gasteiger partial charge on any atom is 0.271 e. The van der Waals surface area contributed by atoms with Crippen molar-refractivity contribution in [2.75, 3.05) is 26.1 Å². The van der Waals surface area contributed by atoms with Crippen molar-refractivity contribution in [2.24, 2.45) is 0 Å². The molecule has 0 saturated heterocycles. The number of anilines is 1. The lowest BCUT2D eigenvalue weighted by Gasteiger charge is -2.36. The zero-order valence-electron chi connectivity index (χ0n) is 20.5. The first-order chi connectivity index (χ1) is 17.9. The second kappa shape index (κ2) is 11.5. The Bertz CT molecular complexity index is 1340. The van der Waals surface area contributed by atoms with Gasteiger partial charge in [-0.05, 0) is 35.4 Å². The lowest BCUT2D eigenvalue weighted by molar-refractivity contribution is 0.0386. The number of hydrogen-bond acceptors (Lipinski definition) is 7. The van der Waals surface area contributed by atoms with Gasteiger partial charge in [0.2, 0.25) is 0 Å². The van der Waals surface area contributed by atoms with E-state index in [1.165, 1.54) is 24.4 Å². The van der Waals surface area contributed by atoms with Gasteiger partial charge in [0.1, 0.15) is 17.3 Å². The van der Waals surface area contributed by atoms with Gasteiger partial charge in [-0.1, -0.05) is 17.7 Å². The highest BCUT2D eigenvalue weighted by molar-refractivity contribution is 6.33. The molecular formula is C26H28ClFN6O3. The van der Waals surface area contributed by atoms with E-state index in [0.717, 1.165) is 11.8 Å². The van der Waals surface area contributed by atoms with Crippen LogP contribution < -0.4 is 10.6 Å². The van der Waals surface area contributed by atoms with E-state index in [1.54, 1.807) is 37.4 Å². The topological polar surface area (TPSA) is 116 Å². The number of rotatable bonds is 10. The first-order valence-electron chi connectivity index (χ1n) is 11.6. The van der Waals surface area contributed by atoms with Gasteiger partial charge in [0.25, 0.3) is 5.91 Å². The fourth-order valence-electron chi connectivity index (χ4n) is 4.39. The van der Waals surface area contributed by atoms with Crippen LogP contribution in [0, 0.1) is 11.2 Å². The van der Waals surface area contributed by atoms with Gasteiger partial charge in [-0.15, -0.1) is 0 Å². The molecule has 3 heterocycles. The normalized spacial score (nSPS) is 15.5. The summed E-state index contributed by atoms with van der Waals surface area (Å²) in [4.78, 5) is 19.6. The number of carbonyl (C=O) groups is 1. The number of aliphatic hydroxyl groups excluding tert-OH is 1. The summed E-state index contributed by atoms with van der Waals surface area (Å²) in [6.07, 6.45) is 6.16. The van der Waals surface area contributed by atoms with Gasteiger partial charge in [0.15, 0.2) is 0 Å². The molecule has 1 unspecified atom stereocenters. The quantitative estimate of drug-likeness (QED) is 0.300. The molecular weight excluding hydrogens is 499 g/mol. The van der Waals surface area contributed by atoms with Crippen molar-refractivity contribution < 1.29 is 19.0 Å². The number of nitrogens with one attached hydrogen (secondary N) is 3. The molecule has 37 heavy (non-hydrogen) atoms. The Labute approximate surface area is 219 Å². The molecule has 3 aromatic rings. The summed E-state index contributed by atoms with van der Waals surface area (Å²) in [6, 6.07) is 7.38. The molecule has 9 nitrogen and oxygen atoms in total. The fourth-order valence-corrected chi connectivity index (χ4v) is 4.60. The third kappa shape index (κ3) is 5.66. The zero-order chi connectivity index (χ0) is 26.5. The van der Waals surface area contributed by atoms with E-state index in [2.05, 4.69) is 15.6 Å². The van der Waals surface area contributed by atoms with Crippen LogP contribution in [-0.2, 0) is 24.4 Å². The van der Waals surface area contributed by atoms with Gasteiger partial charge in [-0.3, -0.25) is 4.79 Å². The summed E-state index contributed by atoms with van der Waals surface area (Å²) >= 11 is 6.48. The summed E-state index contributed by atoms with van der Waals surface area (Å²) in [7, 11) is 3.30. The highest BCUT2D eigenvalue weighted by Gasteiger charge is 2.33. The minimum atomic E-state index is -0.432. The van der Waals surface area contributed by atoms with Crippen LogP contribution >= 0.6 is 11.6 Å². The average Bonchev–Trinajstić information content (AvgIpc) is 3.31. The molecule has 0 fully saturated rings. The van der Waals surface area contributed by atoms with Crippen molar-refractivity contribution in [3.05, 3.63) is 82.3 Å². The van der Waals surface area contributed by atoms with Crippen LogP contribution in [-0.4, -0.2) is 58.5 Å². The van der Waals surface area contributed by atoms with Crippen molar-refractivity contribution in [3.8, 4) is 11.1 Å². The predicted octanol–water partition coefficient (Wildman–Crippen LogP) is 3.63.